The molecule has 7 heteroatoms. The number of carbonyl (C=O) groups is 3. The Morgan fingerprint density at radius 1 is 1.15 bits per heavy atom. The van der Waals surface area contributed by atoms with Crippen LogP contribution in [0.3, 0.4) is 0 Å². The third kappa shape index (κ3) is 6.32. The number of ketones is 1. The maximum absolute atomic E-state index is 13.7. The number of hydrogen-bond donors (Lipinski definition) is 1. The average Bonchev–Trinajstić information content (AvgIpc) is 3.20. The van der Waals surface area contributed by atoms with E-state index < -0.39 is 24.0 Å². The number of aliphatic hydroxyl groups is 1. The van der Waals surface area contributed by atoms with Gasteiger partial charge >= 0.3 is 6.09 Å². The van der Waals surface area contributed by atoms with Crippen LogP contribution in [0, 0.1) is 11.8 Å². The van der Waals surface area contributed by atoms with Gasteiger partial charge in [0.1, 0.15) is 12.4 Å². The summed E-state index contributed by atoms with van der Waals surface area (Å²) >= 11 is 0. The number of rotatable bonds is 10. The highest BCUT2D eigenvalue weighted by Gasteiger charge is 2.46. The first-order chi connectivity index (χ1) is 15.9. The fourth-order valence-corrected chi connectivity index (χ4v) is 4.13. The smallest absolute Gasteiger partial charge is 0.416 e. The molecule has 0 spiro atoms. The van der Waals surface area contributed by atoms with E-state index in [4.69, 9.17) is 14.6 Å². The Morgan fingerprint density at radius 2 is 1.91 bits per heavy atom. The van der Waals surface area contributed by atoms with Crippen LogP contribution in [0.1, 0.15) is 45.1 Å². The number of amides is 2. The maximum Gasteiger partial charge on any atom is 0.416 e. The van der Waals surface area contributed by atoms with E-state index in [-0.39, 0.29) is 37.4 Å². The van der Waals surface area contributed by atoms with Crippen molar-refractivity contribution in [2.75, 3.05) is 13.2 Å². The van der Waals surface area contributed by atoms with Gasteiger partial charge in [0.05, 0.1) is 12.0 Å². The average molecular weight is 456 g/mol. The molecule has 2 amide bonds. The summed E-state index contributed by atoms with van der Waals surface area (Å²) in [5, 5.41) is 8.92. The third-order valence-corrected chi connectivity index (χ3v) is 6.06. The number of hydrogen-bond acceptors (Lipinski definition) is 6. The van der Waals surface area contributed by atoms with E-state index in [1.54, 1.807) is 6.08 Å². The molecule has 1 aromatic rings. The number of nitrogens with zero attached hydrogens (tertiary/aromatic N) is 1. The molecule has 33 heavy (non-hydrogen) atoms. The first-order valence-corrected chi connectivity index (χ1v) is 11.7. The zero-order valence-corrected chi connectivity index (χ0v) is 19.3. The molecule has 1 saturated heterocycles. The summed E-state index contributed by atoms with van der Waals surface area (Å²) in [4.78, 5) is 40.2. The highest BCUT2D eigenvalue weighted by molar-refractivity contribution is 6.02. The second-order valence-corrected chi connectivity index (χ2v) is 8.85. The van der Waals surface area contributed by atoms with E-state index >= 15 is 0 Å². The van der Waals surface area contributed by atoms with Crippen molar-refractivity contribution in [3.63, 3.8) is 0 Å². The lowest BCUT2D eigenvalue weighted by Gasteiger charge is -2.32. The Balaban J connectivity index is 1.85. The van der Waals surface area contributed by atoms with Crippen molar-refractivity contribution >= 4 is 17.8 Å². The fourth-order valence-electron chi connectivity index (χ4n) is 4.13. The van der Waals surface area contributed by atoms with Gasteiger partial charge in [0.25, 0.3) is 0 Å². The molecule has 3 atom stereocenters. The first-order valence-electron chi connectivity index (χ1n) is 11.7. The number of ether oxygens (including phenoxy) is 2. The van der Waals surface area contributed by atoms with Gasteiger partial charge in [0.15, 0.2) is 11.9 Å². The van der Waals surface area contributed by atoms with Crippen molar-refractivity contribution in [3.8, 4) is 0 Å². The molecular formula is C26H33NO6. The van der Waals surface area contributed by atoms with E-state index in [2.05, 4.69) is 0 Å². The van der Waals surface area contributed by atoms with Crippen LogP contribution in [-0.2, 0) is 25.5 Å². The Hall–Kier alpha value is -2.93. The van der Waals surface area contributed by atoms with Crippen LogP contribution in [0.25, 0.3) is 0 Å². The van der Waals surface area contributed by atoms with Gasteiger partial charge in [-0.1, -0.05) is 50.6 Å². The lowest BCUT2D eigenvalue weighted by atomic mass is 9.88. The Morgan fingerprint density at radius 3 is 2.61 bits per heavy atom. The molecule has 0 aliphatic carbocycles. The Labute approximate surface area is 195 Å². The van der Waals surface area contributed by atoms with Crippen molar-refractivity contribution in [2.24, 2.45) is 11.8 Å². The lowest BCUT2D eigenvalue weighted by Crippen LogP contribution is -2.50. The highest BCUT2D eigenvalue weighted by atomic mass is 16.6. The van der Waals surface area contributed by atoms with Crippen LogP contribution in [-0.4, -0.2) is 53.1 Å². The van der Waals surface area contributed by atoms with Gasteiger partial charge in [-0.05, 0) is 55.4 Å². The fraction of sp³-hybridized carbons (Fsp3) is 0.500. The summed E-state index contributed by atoms with van der Waals surface area (Å²) in [5.74, 6) is -1.05. The maximum atomic E-state index is 13.7. The second kappa shape index (κ2) is 11.8. The van der Waals surface area contributed by atoms with Crippen LogP contribution in [0.4, 0.5) is 4.79 Å². The van der Waals surface area contributed by atoms with Crippen LogP contribution in [0.15, 0.2) is 54.3 Å². The quantitative estimate of drug-likeness (QED) is 0.540. The number of allylic oxidation sites excluding steroid dienone is 2. The minimum Gasteiger partial charge on any atom is -0.482 e. The summed E-state index contributed by atoms with van der Waals surface area (Å²) < 4.78 is 11.2. The van der Waals surface area contributed by atoms with Crippen molar-refractivity contribution < 1.29 is 29.0 Å². The van der Waals surface area contributed by atoms with Gasteiger partial charge in [0.2, 0.25) is 5.91 Å². The largest absolute Gasteiger partial charge is 0.482 e. The topological polar surface area (TPSA) is 93.1 Å². The van der Waals surface area contributed by atoms with Gasteiger partial charge in [-0.15, -0.1) is 0 Å². The standard InChI is InChI=1S/C26H33NO6/c1-18(2)22-17-32-26(31)27(22)25(30)21(16-19-10-6-5-7-11-19)24-23(29)14-13-20(33-24)12-8-3-4-9-15-28/h5-7,10-14,18,21-22,24,28H,3-4,8-9,15-17H2,1-2H3/t21-,22+,24-/m0/s1. The Bertz CT molecular complexity index is 891. The second-order valence-electron chi connectivity index (χ2n) is 8.85. The molecule has 1 N–H and O–H groups in total. The number of carbonyl (C=O) groups excluding carboxylic acids is 3. The molecule has 3 rings (SSSR count). The molecule has 2 aliphatic rings. The summed E-state index contributed by atoms with van der Waals surface area (Å²) in [6, 6.07) is 9.04. The van der Waals surface area contributed by atoms with Crippen LogP contribution < -0.4 is 0 Å². The molecule has 1 fully saturated rings. The normalized spacial score (nSPS) is 22.5. The van der Waals surface area contributed by atoms with Crippen molar-refractivity contribution in [3.05, 3.63) is 59.9 Å². The highest BCUT2D eigenvalue weighted by Crippen LogP contribution is 2.29. The first kappa shape index (κ1) is 24.7. The van der Waals surface area contributed by atoms with Crippen molar-refractivity contribution in [1.82, 2.24) is 4.90 Å². The zero-order chi connectivity index (χ0) is 23.8. The Kier molecular flexibility index (Phi) is 8.83. The van der Waals surface area contributed by atoms with Crippen LogP contribution in [0.2, 0.25) is 0 Å². The van der Waals surface area contributed by atoms with E-state index in [9.17, 15) is 14.4 Å². The van der Waals surface area contributed by atoms with Gasteiger partial charge in [0, 0.05) is 6.61 Å². The number of cyclic esters (lactones) is 1. The van der Waals surface area contributed by atoms with E-state index in [0.29, 0.717) is 5.76 Å². The van der Waals surface area contributed by atoms with Gasteiger partial charge in [-0.25, -0.2) is 9.69 Å². The molecule has 7 nitrogen and oxygen atoms in total. The lowest BCUT2D eigenvalue weighted by molar-refractivity contribution is -0.144. The molecule has 2 aliphatic heterocycles. The van der Waals surface area contributed by atoms with E-state index in [1.165, 1.54) is 11.0 Å². The van der Waals surface area contributed by atoms with E-state index in [1.807, 2.05) is 50.3 Å². The number of imide groups is 1. The number of unbranched alkanes of at least 4 members (excludes halogenated alkanes) is 3. The van der Waals surface area contributed by atoms with Crippen LogP contribution in [0.5, 0.6) is 0 Å². The molecular weight excluding hydrogens is 422 g/mol. The van der Waals surface area contributed by atoms with Crippen molar-refractivity contribution in [2.45, 2.75) is 58.1 Å². The molecule has 0 saturated carbocycles. The molecule has 2 heterocycles. The summed E-state index contributed by atoms with van der Waals surface area (Å²) in [7, 11) is 0. The minimum absolute atomic E-state index is 0.0232. The predicted molar refractivity (Wildman–Crippen MR) is 123 cm³/mol. The summed E-state index contributed by atoms with van der Waals surface area (Å²) in [5.41, 5.74) is 0.880. The van der Waals surface area contributed by atoms with Crippen molar-refractivity contribution in [1.29, 1.82) is 0 Å². The van der Waals surface area contributed by atoms with E-state index in [0.717, 1.165) is 31.2 Å². The zero-order valence-electron chi connectivity index (χ0n) is 19.3. The molecule has 0 unspecified atom stereocenters. The predicted octanol–water partition coefficient (Wildman–Crippen LogP) is 3.81. The number of benzene rings is 1. The number of aliphatic hydroxyl groups excluding tert-OH is 1. The monoisotopic (exact) mass is 455 g/mol. The van der Waals surface area contributed by atoms with Gasteiger partial charge in [-0.2, -0.15) is 0 Å². The molecule has 178 valence electrons. The van der Waals surface area contributed by atoms with Gasteiger partial charge < -0.3 is 14.6 Å². The molecule has 0 radical (unpaired) electrons. The summed E-state index contributed by atoms with van der Waals surface area (Å²) in [6.07, 6.45) is 6.82. The molecule has 1 aromatic carbocycles. The minimum atomic E-state index is -1.02. The van der Waals surface area contributed by atoms with Gasteiger partial charge in [-0.3, -0.25) is 9.59 Å². The third-order valence-electron chi connectivity index (χ3n) is 6.06. The summed E-state index contributed by atoms with van der Waals surface area (Å²) in [6.45, 7) is 4.19. The molecule has 0 aromatic heterocycles. The molecule has 0 bridgehead atoms. The van der Waals surface area contributed by atoms with Crippen LogP contribution >= 0.6 is 0 Å². The SMILES string of the molecule is CC(C)[C@H]1COC(=O)N1C(=O)[C@@H](Cc1ccccc1)[C@@H]1OC(=CCCCCCO)C=CC1=O.